The van der Waals surface area contributed by atoms with Crippen LogP contribution in [0.3, 0.4) is 0 Å². The van der Waals surface area contributed by atoms with Crippen molar-refractivity contribution in [3.63, 3.8) is 0 Å². The fourth-order valence-corrected chi connectivity index (χ4v) is 3.98. The highest BCUT2D eigenvalue weighted by molar-refractivity contribution is 7.80. The average Bonchev–Trinajstić information content (AvgIpc) is 2.81. The Hall–Kier alpha value is -3.51. The summed E-state index contributed by atoms with van der Waals surface area (Å²) in [5.41, 5.74) is 5.41. The predicted molar refractivity (Wildman–Crippen MR) is 137 cm³/mol. The molecule has 0 fully saturated rings. The molecule has 0 bridgehead atoms. The smallest absolute Gasteiger partial charge is 0.253 e. The van der Waals surface area contributed by atoms with Crippen LogP contribution in [0.4, 0.5) is 10.1 Å². The number of hydrogen-bond donors (Lipinski definition) is 2. The Labute approximate surface area is 198 Å². The van der Waals surface area contributed by atoms with E-state index in [0.29, 0.717) is 23.8 Å². The van der Waals surface area contributed by atoms with Crippen LogP contribution >= 0.6 is 12.2 Å². The van der Waals surface area contributed by atoms with Crippen LogP contribution in [0.15, 0.2) is 77.6 Å². The minimum atomic E-state index is -0.289. The quantitative estimate of drug-likeness (QED) is 0.351. The molecule has 0 amide bonds. The van der Waals surface area contributed by atoms with Gasteiger partial charge in [-0.2, -0.15) is 0 Å². The van der Waals surface area contributed by atoms with Crippen molar-refractivity contribution in [1.29, 1.82) is 0 Å². The lowest BCUT2D eigenvalue weighted by Crippen LogP contribution is -2.35. The monoisotopic (exact) mass is 459 g/mol. The SMILES string of the molecule is CCc1ccc(NC(=S)N(Cc2ccc(F)cc2)Cc2cc3cc(C)ccc3[nH]c2=O)cc1. The number of aryl methyl sites for hydroxylation is 2. The Bertz CT molecular complexity index is 1330. The summed E-state index contributed by atoms with van der Waals surface area (Å²) in [5.74, 6) is -0.289. The molecular formula is C27H26FN3OS. The van der Waals surface area contributed by atoms with Gasteiger partial charge in [-0.15, -0.1) is 0 Å². The standard InChI is InChI=1S/C27H26FN3OS/c1-3-19-7-11-24(12-8-19)29-27(33)31(16-20-5-9-23(28)10-6-20)17-22-15-21-14-18(2)4-13-25(21)30-26(22)32/h4-15H,3,16-17H2,1-2H3,(H,29,33)(H,30,32). The molecule has 2 N–H and O–H groups in total. The maximum atomic E-state index is 13.4. The Morgan fingerprint density at radius 3 is 2.36 bits per heavy atom. The maximum Gasteiger partial charge on any atom is 0.253 e. The lowest BCUT2D eigenvalue weighted by atomic mass is 10.1. The van der Waals surface area contributed by atoms with E-state index < -0.39 is 0 Å². The first-order chi connectivity index (χ1) is 15.9. The van der Waals surface area contributed by atoms with Crippen LogP contribution in [-0.4, -0.2) is 15.0 Å². The van der Waals surface area contributed by atoms with Crippen LogP contribution in [0.1, 0.15) is 29.2 Å². The molecule has 0 unspecified atom stereocenters. The number of nitrogens with zero attached hydrogens (tertiary/aromatic N) is 1. The van der Waals surface area contributed by atoms with E-state index in [2.05, 4.69) is 29.4 Å². The van der Waals surface area contributed by atoms with Crippen molar-refractivity contribution in [2.45, 2.75) is 33.4 Å². The minimum absolute atomic E-state index is 0.148. The van der Waals surface area contributed by atoms with Crippen molar-refractivity contribution in [1.82, 2.24) is 9.88 Å². The molecule has 0 atom stereocenters. The predicted octanol–water partition coefficient (Wildman–Crippen LogP) is 5.94. The molecule has 0 aliphatic rings. The number of pyridine rings is 1. The zero-order valence-electron chi connectivity index (χ0n) is 18.7. The lowest BCUT2D eigenvalue weighted by Gasteiger charge is -2.26. The van der Waals surface area contributed by atoms with Crippen LogP contribution in [0.5, 0.6) is 0 Å². The molecule has 0 saturated heterocycles. The van der Waals surface area contributed by atoms with Gasteiger partial charge in [-0.25, -0.2) is 4.39 Å². The van der Waals surface area contributed by atoms with E-state index in [0.717, 1.165) is 34.1 Å². The Morgan fingerprint density at radius 1 is 0.970 bits per heavy atom. The second-order valence-electron chi connectivity index (χ2n) is 8.18. The van der Waals surface area contributed by atoms with Gasteiger partial charge in [0.1, 0.15) is 5.82 Å². The third-order valence-electron chi connectivity index (χ3n) is 5.63. The summed E-state index contributed by atoms with van der Waals surface area (Å²) >= 11 is 5.73. The van der Waals surface area contributed by atoms with Gasteiger partial charge in [0.2, 0.25) is 0 Å². The number of anilines is 1. The third kappa shape index (κ3) is 5.65. The molecular weight excluding hydrogens is 433 g/mol. The first-order valence-electron chi connectivity index (χ1n) is 10.9. The highest BCUT2D eigenvalue weighted by Crippen LogP contribution is 2.17. The zero-order valence-corrected chi connectivity index (χ0v) is 19.5. The van der Waals surface area contributed by atoms with Gasteiger partial charge in [-0.3, -0.25) is 4.79 Å². The van der Waals surface area contributed by atoms with Gasteiger partial charge in [0, 0.05) is 23.3 Å². The summed E-state index contributed by atoms with van der Waals surface area (Å²) in [6.45, 7) is 4.88. The number of H-pyrrole nitrogens is 1. The summed E-state index contributed by atoms with van der Waals surface area (Å²) in [4.78, 5) is 17.7. The first-order valence-corrected chi connectivity index (χ1v) is 11.3. The number of thiocarbonyl (C=S) groups is 1. The molecule has 0 aliphatic carbocycles. The molecule has 168 valence electrons. The van der Waals surface area contributed by atoms with Crippen molar-refractivity contribution < 1.29 is 4.39 Å². The molecule has 33 heavy (non-hydrogen) atoms. The van der Waals surface area contributed by atoms with Crippen LogP contribution in [0.2, 0.25) is 0 Å². The van der Waals surface area contributed by atoms with Gasteiger partial charge in [0.25, 0.3) is 5.56 Å². The topological polar surface area (TPSA) is 48.1 Å². The first kappa shape index (κ1) is 22.7. The van der Waals surface area contributed by atoms with E-state index in [-0.39, 0.29) is 11.4 Å². The van der Waals surface area contributed by atoms with Gasteiger partial charge >= 0.3 is 0 Å². The molecule has 0 saturated carbocycles. The van der Waals surface area contributed by atoms with Gasteiger partial charge < -0.3 is 15.2 Å². The molecule has 4 rings (SSSR count). The normalized spacial score (nSPS) is 10.9. The zero-order chi connectivity index (χ0) is 23.4. The number of fused-ring (bicyclic) bond motifs is 1. The van der Waals surface area contributed by atoms with Crippen molar-refractivity contribution in [3.8, 4) is 0 Å². The number of benzene rings is 3. The van der Waals surface area contributed by atoms with Crippen molar-refractivity contribution in [2.24, 2.45) is 0 Å². The summed E-state index contributed by atoms with van der Waals surface area (Å²) < 4.78 is 13.4. The number of hydrogen-bond acceptors (Lipinski definition) is 2. The van der Waals surface area contributed by atoms with Gasteiger partial charge in [-0.05, 0) is 84.5 Å². The highest BCUT2D eigenvalue weighted by atomic mass is 32.1. The van der Waals surface area contributed by atoms with Gasteiger partial charge in [-0.1, -0.05) is 42.8 Å². The molecule has 4 nitrogen and oxygen atoms in total. The van der Waals surface area contributed by atoms with E-state index in [4.69, 9.17) is 12.2 Å². The molecule has 4 aromatic rings. The summed E-state index contributed by atoms with van der Waals surface area (Å²) in [7, 11) is 0. The lowest BCUT2D eigenvalue weighted by molar-refractivity contribution is 0.411. The maximum absolute atomic E-state index is 13.4. The molecule has 0 spiro atoms. The van der Waals surface area contributed by atoms with Crippen LogP contribution in [0, 0.1) is 12.7 Å². The third-order valence-corrected chi connectivity index (χ3v) is 5.99. The largest absolute Gasteiger partial charge is 0.340 e. The van der Waals surface area contributed by atoms with Crippen LogP contribution in [0.25, 0.3) is 10.9 Å². The van der Waals surface area contributed by atoms with E-state index in [9.17, 15) is 9.18 Å². The second-order valence-corrected chi connectivity index (χ2v) is 8.56. The molecule has 1 heterocycles. The Morgan fingerprint density at radius 2 is 1.67 bits per heavy atom. The van der Waals surface area contributed by atoms with E-state index in [1.54, 1.807) is 12.1 Å². The van der Waals surface area contributed by atoms with Crippen LogP contribution < -0.4 is 10.9 Å². The Kier molecular flexibility index (Phi) is 6.84. The minimum Gasteiger partial charge on any atom is -0.340 e. The van der Waals surface area contributed by atoms with E-state index >= 15 is 0 Å². The number of aromatic nitrogens is 1. The van der Waals surface area contributed by atoms with Crippen LogP contribution in [-0.2, 0) is 19.5 Å². The number of aromatic amines is 1. The van der Waals surface area contributed by atoms with E-state index in [1.165, 1.54) is 17.7 Å². The van der Waals surface area contributed by atoms with Crippen molar-refractivity contribution in [2.75, 3.05) is 5.32 Å². The molecule has 0 aliphatic heterocycles. The fraction of sp³-hybridized carbons (Fsp3) is 0.185. The molecule has 0 radical (unpaired) electrons. The Balaban J connectivity index is 1.63. The fourth-order valence-electron chi connectivity index (χ4n) is 3.73. The molecule has 6 heteroatoms. The summed E-state index contributed by atoms with van der Waals surface area (Å²) in [6, 6.07) is 22.3. The summed E-state index contributed by atoms with van der Waals surface area (Å²) in [6.07, 6.45) is 0.964. The number of halogens is 1. The van der Waals surface area contributed by atoms with Crippen molar-refractivity contribution in [3.05, 3.63) is 111 Å². The molecule has 1 aromatic heterocycles. The van der Waals surface area contributed by atoms with Gasteiger partial charge in [0.05, 0.1) is 6.54 Å². The second kappa shape index (κ2) is 9.96. The molecule has 3 aromatic carbocycles. The van der Waals surface area contributed by atoms with Gasteiger partial charge in [0.15, 0.2) is 5.11 Å². The highest BCUT2D eigenvalue weighted by Gasteiger charge is 2.15. The van der Waals surface area contributed by atoms with E-state index in [1.807, 2.05) is 48.2 Å². The number of nitrogens with one attached hydrogen (secondary N) is 2. The summed E-state index contributed by atoms with van der Waals surface area (Å²) in [5, 5.41) is 4.75. The average molecular weight is 460 g/mol. The number of rotatable bonds is 6. The van der Waals surface area contributed by atoms with Crippen molar-refractivity contribution >= 4 is 33.9 Å².